The van der Waals surface area contributed by atoms with Gasteiger partial charge in [0, 0.05) is 0 Å². The van der Waals surface area contributed by atoms with Crippen molar-refractivity contribution in [1.82, 2.24) is 0 Å². The van der Waals surface area contributed by atoms with Crippen LogP contribution in [0.3, 0.4) is 0 Å². The van der Waals surface area contributed by atoms with Gasteiger partial charge in [-0.2, -0.15) is 0 Å². The minimum absolute atomic E-state index is 0.194. The van der Waals surface area contributed by atoms with Crippen LogP contribution in [0.4, 0.5) is 0 Å². The Hall–Kier alpha value is -0.280. The second-order valence-electron chi connectivity index (χ2n) is 2.67. The predicted octanol–water partition coefficient (Wildman–Crippen LogP) is 3.05. The zero-order valence-electron chi connectivity index (χ0n) is 8.28. The van der Waals surface area contributed by atoms with E-state index in [-0.39, 0.29) is 5.34 Å². The highest BCUT2D eigenvalue weighted by Crippen LogP contribution is 2.11. The Morgan fingerprint density at radius 1 is 1.14 bits per heavy atom. The van der Waals surface area contributed by atoms with E-state index in [4.69, 9.17) is 33.7 Å². The van der Waals surface area contributed by atoms with Crippen LogP contribution in [-0.2, 0) is 0 Å². The first-order valence-electron chi connectivity index (χ1n) is 4.07. The Labute approximate surface area is 95.0 Å². The van der Waals surface area contributed by atoms with Gasteiger partial charge in [-0.1, -0.05) is 44.2 Å². The van der Waals surface area contributed by atoms with E-state index in [1.807, 2.05) is 6.07 Å². The average Bonchev–Trinajstić information content (AvgIpc) is 2.23. The summed E-state index contributed by atoms with van der Waals surface area (Å²) in [6.45, 7) is 4.41. The van der Waals surface area contributed by atoms with Crippen molar-refractivity contribution in [3.63, 3.8) is 0 Å². The van der Waals surface area contributed by atoms with Gasteiger partial charge in [-0.15, -0.1) is 23.2 Å². The molecule has 0 saturated carbocycles. The molecule has 0 amide bonds. The quantitative estimate of drug-likeness (QED) is 0.464. The Morgan fingerprint density at radius 2 is 1.50 bits per heavy atom. The zero-order chi connectivity index (χ0) is 11.4. The number of alkyl halides is 2. The fraction of sp³-hybridized carbons (Fsp3) is 0.400. The van der Waals surface area contributed by atoms with Crippen LogP contribution < -0.4 is 5.26 Å². The maximum atomic E-state index is 7.25. The molecule has 1 N–H and O–H groups in total. The molecule has 0 aromatic heterocycles. The third-order valence-corrected chi connectivity index (χ3v) is 1.47. The molecule has 0 atom stereocenters. The van der Waals surface area contributed by atoms with Crippen LogP contribution in [0.15, 0.2) is 30.3 Å². The Kier molecular flexibility index (Phi) is 14.7. The summed E-state index contributed by atoms with van der Waals surface area (Å²) in [5.74, 6) is 0.659. The Balaban J connectivity index is 0. The normalized spacial score (nSPS) is 8.21. The van der Waals surface area contributed by atoms with Gasteiger partial charge in [-0.3, -0.25) is 0 Å². The van der Waals surface area contributed by atoms with Crippen molar-refractivity contribution in [2.75, 3.05) is 5.34 Å². The average molecular weight is 238 g/mol. The third-order valence-electron chi connectivity index (χ3n) is 1.47. The predicted molar refractivity (Wildman–Crippen MR) is 59.7 cm³/mol. The zero-order valence-corrected chi connectivity index (χ0v) is 9.79. The monoisotopic (exact) mass is 237 g/mol. The van der Waals surface area contributed by atoms with Gasteiger partial charge in [0.15, 0.2) is 0 Å². The minimum Gasteiger partial charge on any atom is -0.727 e. The van der Waals surface area contributed by atoms with Gasteiger partial charge in [-0.05, 0) is 11.5 Å². The fourth-order valence-corrected chi connectivity index (χ4v) is 0.838. The van der Waals surface area contributed by atoms with Gasteiger partial charge < -0.3 is 10.5 Å². The van der Waals surface area contributed by atoms with E-state index < -0.39 is 0 Å². The molecule has 2 nitrogen and oxygen atoms in total. The van der Waals surface area contributed by atoms with E-state index in [0.29, 0.717) is 5.92 Å². The van der Waals surface area contributed by atoms with E-state index in [1.165, 1.54) is 5.56 Å². The molecule has 1 aromatic rings. The molecule has 1 rings (SSSR count). The van der Waals surface area contributed by atoms with Crippen molar-refractivity contribution in [2.24, 2.45) is 0 Å². The minimum atomic E-state index is 0.194. The number of hydrogen-bond donors (Lipinski definition) is 1. The molecule has 0 spiro atoms. The first kappa shape index (κ1) is 16.2. The van der Waals surface area contributed by atoms with Gasteiger partial charge in [0.1, 0.15) is 0 Å². The molecule has 0 saturated heterocycles. The third kappa shape index (κ3) is 9.81. The molecule has 4 heteroatoms. The molecule has 0 unspecified atom stereocenters. The molecule has 0 fully saturated rings. The fourth-order valence-electron chi connectivity index (χ4n) is 0.838. The summed E-state index contributed by atoms with van der Waals surface area (Å²) in [7, 11) is 0. The van der Waals surface area contributed by atoms with E-state index in [2.05, 4.69) is 38.1 Å². The molecule has 0 radical (unpaired) electrons. The van der Waals surface area contributed by atoms with Crippen molar-refractivity contribution >= 4 is 23.2 Å². The Bertz CT molecular complexity index is 191. The van der Waals surface area contributed by atoms with Crippen LogP contribution in [0.2, 0.25) is 0 Å². The van der Waals surface area contributed by atoms with E-state index in [0.717, 1.165) is 0 Å². The smallest absolute Gasteiger partial charge is 0.0967 e. The lowest BCUT2D eigenvalue weighted by atomic mass is 10.0. The molecular formula is C10H15Cl2O2-. The second-order valence-corrected chi connectivity index (χ2v) is 3.47. The summed E-state index contributed by atoms with van der Waals surface area (Å²) in [4.78, 5) is 0. The lowest BCUT2D eigenvalue weighted by molar-refractivity contribution is -0.670. The van der Waals surface area contributed by atoms with Crippen LogP contribution in [-0.4, -0.2) is 10.6 Å². The summed E-state index contributed by atoms with van der Waals surface area (Å²) >= 11 is 9.53. The second kappa shape index (κ2) is 12.7. The van der Waals surface area contributed by atoms with Crippen molar-refractivity contribution in [3.05, 3.63) is 35.9 Å². The van der Waals surface area contributed by atoms with Gasteiger partial charge in [0.05, 0.1) is 5.34 Å². The lowest BCUT2D eigenvalue weighted by Crippen LogP contribution is -1.84. The summed E-state index contributed by atoms with van der Waals surface area (Å²) < 4.78 is 0. The highest BCUT2D eigenvalue weighted by Gasteiger charge is 1.93. The van der Waals surface area contributed by atoms with Crippen molar-refractivity contribution in [3.8, 4) is 0 Å². The van der Waals surface area contributed by atoms with Gasteiger partial charge >= 0.3 is 0 Å². The maximum Gasteiger partial charge on any atom is 0.0967 e. The number of hydrogen-bond acceptors (Lipinski definition) is 2. The SMILES string of the molecule is CC(C)c1ccccc1.ClCCl.[O-]O. The lowest BCUT2D eigenvalue weighted by Gasteiger charge is -2.01. The topological polar surface area (TPSA) is 43.3 Å². The molecule has 14 heavy (non-hydrogen) atoms. The summed E-state index contributed by atoms with van der Waals surface area (Å²) in [6.07, 6.45) is 0. The number of halogens is 2. The maximum absolute atomic E-state index is 7.25. The van der Waals surface area contributed by atoms with Crippen molar-refractivity contribution in [2.45, 2.75) is 19.8 Å². The van der Waals surface area contributed by atoms with Crippen LogP contribution in [0.1, 0.15) is 25.3 Å². The molecule has 0 aliphatic rings. The Morgan fingerprint density at radius 3 is 1.71 bits per heavy atom. The number of rotatable bonds is 1. The van der Waals surface area contributed by atoms with E-state index >= 15 is 0 Å². The molecular weight excluding hydrogens is 223 g/mol. The first-order chi connectivity index (χ1) is 6.72. The summed E-state index contributed by atoms with van der Waals surface area (Å²) in [6, 6.07) is 10.5. The van der Waals surface area contributed by atoms with E-state index in [9.17, 15) is 0 Å². The van der Waals surface area contributed by atoms with Crippen LogP contribution in [0.25, 0.3) is 0 Å². The van der Waals surface area contributed by atoms with Gasteiger partial charge in [0.2, 0.25) is 0 Å². The van der Waals surface area contributed by atoms with Crippen LogP contribution in [0.5, 0.6) is 0 Å². The molecule has 0 aliphatic heterocycles. The molecule has 82 valence electrons. The highest BCUT2D eigenvalue weighted by atomic mass is 35.5. The summed E-state index contributed by atoms with van der Waals surface area (Å²) in [5, 5.41) is 13.2. The molecule has 1 aromatic carbocycles. The highest BCUT2D eigenvalue weighted by molar-refractivity contribution is 6.40. The molecule has 0 bridgehead atoms. The van der Waals surface area contributed by atoms with E-state index in [1.54, 1.807) is 0 Å². The van der Waals surface area contributed by atoms with Crippen molar-refractivity contribution < 1.29 is 10.5 Å². The van der Waals surface area contributed by atoms with Gasteiger partial charge in [-0.25, -0.2) is 0 Å². The first-order valence-corrected chi connectivity index (χ1v) is 5.14. The van der Waals surface area contributed by atoms with Gasteiger partial charge in [0.25, 0.3) is 0 Å². The van der Waals surface area contributed by atoms with Crippen molar-refractivity contribution in [1.29, 1.82) is 0 Å². The largest absolute Gasteiger partial charge is 0.727 e. The van der Waals surface area contributed by atoms with Crippen LogP contribution >= 0.6 is 23.2 Å². The number of benzene rings is 1. The van der Waals surface area contributed by atoms with Crippen LogP contribution in [0, 0.1) is 0 Å². The molecule has 0 aliphatic carbocycles. The standard InChI is InChI=1S/C9H12.CH2Cl2.H2O2/c1-8(2)9-6-4-3-5-7-9;2-1-3;1-2/h3-8H,1-2H3;1H2;1-2H/p-1. The summed E-state index contributed by atoms with van der Waals surface area (Å²) in [5.41, 5.74) is 1.41. The molecule has 0 heterocycles.